The minimum Gasteiger partial charge on any atom is -0.479 e. The third-order valence-corrected chi connectivity index (χ3v) is 3.95. The van der Waals surface area contributed by atoms with Crippen molar-refractivity contribution in [2.75, 3.05) is 13.2 Å². The van der Waals surface area contributed by atoms with E-state index in [1.54, 1.807) is 24.3 Å². The van der Waals surface area contributed by atoms with Gasteiger partial charge in [0.05, 0.1) is 11.6 Å². The molecule has 0 heterocycles. The highest BCUT2D eigenvalue weighted by Gasteiger charge is 2.18. The maximum atomic E-state index is 12.0. The Morgan fingerprint density at radius 1 is 1.07 bits per heavy atom. The molecule has 6 nitrogen and oxygen atoms in total. The summed E-state index contributed by atoms with van der Waals surface area (Å²) in [5.41, 5.74) is 1.62. The van der Waals surface area contributed by atoms with Gasteiger partial charge < -0.3 is 14.8 Å². The van der Waals surface area contributed by atoms with Gasteiger partial charge in [0.1, 0.15) is 5.75 Å². The lowest BCUT2D eigenvalue weighted by molar-refractivity contribution is -0.154. The number of ether oxygens (including phenoxy) is 2. The van der Waals surface area contributed by atoms with Crippen LogP contribution < -0.4 is 10.1 Å². The van der Waals surface area contributed by atoms with E-state index in [2.05, 4.69) is 5.32 Å². The molecule has 140 valence electrons. The lowest BCUT2D eigenvalue weighted by Gasteiger charge is -2.15. The van der Waals surface area contributed by atoms with Gasteiger partial charge in [0.2, 0.25) is 0 Å². The summed E-state index contributed by atoms with van der Waals surface area (Å²) in [7, 11) is 0. The number of benzene rings is 2. The third-order valence-electron chi connectivity index (χ3n) is 3.95. The van der Waals surface area contributed by atoms with Crippen molar-refractivity contribution in [3.8, 4) is 11.8 Å². The number of amides is 1. The summed E-state index contributed by atoms with van der Waals surface area (Å²) in [5, 5.41) is 11.5. The standard InChI is InChI=1S/C21H22N2O4/c1-15(18-6-4-3-5-7-18)13-23-20(24)14-26-21(25)16(2)27-19-10-8-17(12-22)9-11-19/h3-11,15-16H,13-14H2,1-2H3,(H,23,24)/t15-,16+/m0/s1. The van der Waals surface area contributed by atoms with Crippen LogP contribution >= 0.6 is 0 Å². The Hall–Kier alpha value is -3.33. The molecule has 2 atom stereocenters. The summed E-state index contributed by atoms with van der Waals surface area (Å²) >= 11 is 0. The molecule has 0 bridgehead atoms. The number of hydrogen-bond donors (Lipinski definition) is 1. The topological polar surface area (TPSA) is 88.4 Å². The minimum absolute atomic E-state index is 0.157. The zero-order chi connectivity index (χ0) is 19.6. The highest BCUT2D eigenvalue weighted by atomic mass is 16.6. The van der Waals surface area contributed by atoms with Crippen LogP contribution in [0.4, 0.5) is 0 Å². The second-order valence-corrected chi connectivity index (χ2v) is 6.12. The van der Waals surface area contributed by atoms with E-state index >= 15 is 0 Å². The van der Waals surface area contributed by atoms with Gasteiger partial charge in [-0.25, -0.2) is 4.79 Å². The molecule has 0 spiro atoms. The quantitative estimate of drug-likeness (QED) is 0.726. The van der Waals surface area contributed by atoms with Crippen molar-refractivity contribution in [3.63, 3.8) is 0 Å². The molecule has 0 fully saturated rings. The number of hydrogen-bond acceptors (Lipinski definition) is 5. The molecule has 0 aliphatic heterocycles. The van der Waals surface area contributed by atoms with E-state index < -0.39 is 12.1 Å². The Morgan fingerprint density at radius 2 is 1.74 bits per heavy atom. The number of esters is 1. The smallest absolute Gasteiger partial charge is 0.347 e. The first kappa shape index (κ1) is 20.0. The van der Waals surface area contributed by atoms with E-state index in [0.717, 1.165) is 5.56 Å². The Labute approximate surface area is 158 Å². The third kappa shape index (κ3) is 6.48. The summed E-state index contributed by atoms with van der Waals surface area (Å²) in [5.74, 6) is -0.397. The van der Waals surface area contributed by atoms with Crippen molar-refractivity contribution >= 4 is 11.9 Å². The molecule has 2 rings (SSSR count). The maximum Gasteiger partial charge on any atom is 0.347 e. The normalized spacial score (nSPS) is 12.3. The van der Waals surface area contributed by atoms with Crippen molar-refractivity contribution in [1.29, 1.82) is 5.26 Å². The van der Waals surface area contributed by atoms with Crippen LogP contribution in [0.1, 0.15) is 30.9 Å². The summed E-state index contributed by atoms with van der Waals surface area (Å²) in [4.78, 5) is 23.8. The van der Waals surface area contributed by atoms with Gasteiger partial charge in [-0.2, -0.15) is 5.26 Å². The molecule has 2 aromatic rings. The lowest BCUT2D eigenvalue weighted by Crippen LogP contribution is -2.34. The van der Waals surface area contributed by atoms with Gasteiger partial charge in [0.15, 0.2) is 12.7 Å². The van der Waals surface area contributed by atoms with Crippen molar-refractivity contribution in [2.24, 2.45) is 0 Å². The average Bonchev–Trinajstić information content (AvgIpc) is 2.71. The van der Waals surface area contributed by atoms with Crippen LogP contribution in [-0.4, -0.2) is 31.1 Å². The van der Waals surface area contributed by atoms with Gasteiger partial charge in [0.25, 0.3) is 5.91 Å². The van der Waals surface area contributed by atoms with Crippen LogP contribution in [0, 0.1) is 11.3 Å². The van der Waals surface area contributed by atoms with Gasteiger partial charge in [-0.1, -0.05) is 37.3 Å². The molecular weight excluding hydrogens is 344 g/mol. The number of nitriles is 1. The lowest BCUT2D eigenvalue weighted by atomic mass is 10.0. The van der Waals surface area contributed by atoms with Crippen LogP contribution in [0.25, 0.3) is 0 Å². The number of carbonyl (C=O) groups is 2. The Bertz CT molecular complexity index is 797. The zero-order valence-corrected chi connectivity index (χ0v) is 15.3. The van der Waals surface area contributed by atoms with Crippen LogP contribution in [0.15, 0.2) is 54.6 Å². The first-order valence-corrected chi connectivity index (χ1v) is 8.64. The fourth-order valence-corrected chi connectivity index (χ4v) is 2.33. The first-order valence-electron chi connectivity index (χ1n) is 8.64. The van der Waals surface area contributed by atoms with E-state index in [1.165, 1.54) is 6.92 Å². The zero-order valence-electron chi connectivity index (χ0n) is 15.3. The highest BCUT2D eigenvalue weighted by Crippen LogP contribution is 2.14. The van der Waals surface area contributed by atoms with Crippen molar-refractivity contribution < 1.29 is 19.1 Å². The molecule has 1 N–H and O–H groups in total. The number of nitrogens with one attached hydrogen (secondary N) is 1. The first-order chi connectivity index (χ1) is 13.0. The summed E-state index contributed by atoms with van der Waals surface area (Å²) < 4.78 is 10.4. The fraction of sp³-hybridized carbons (Fsp3) is 0.286. The molecular formula is C21H22N2O4. The van der Waals surface area contributed by atoms with Crippen molar-refractivity contribution in [1.82, 2.24) is 5.32 Å². The summed E-state index contributed by atoms with van der Waals surface area (Å²) in [6, 6.07) is 18.2. The average molecular weight is 366 g/mol. The molecule has 6 heteroatoms. The van der Waals surface area contributed by atoms with Gasteiger partial charge in [0, 0.05) is 6.54 Å². The SMILES string of the molecule is C[C@@H](Oc1ccc(C#N)cc1)C(=O)OCC(=O)NC[C@H](C)c1ccccc1. The molecule has 0 aromatic heterocycles. The molecule has 0 saturated heterocycles. The molecule has 0 aliphatic rings. The van der Waals surface area contributed by atoms with Gasteiger partial charge in [-0.3, -0.25) is 4.79 Å². The minimum atomic E-state index is -0.867. The van der Waals surface area contributed by atoms with Crippen LogP contribution in [-0.2, 0) is 14.3 Å². The number of nitrogens with zero attached hydrogens (tertiary/aromatic N) is 1. The van der Waals surface area contributed by atoms with Gasteiger partial charge >= 0.3 is 5.97 Å². The van der Waals surface area contributed by atoms with Gasteiger partial charge in [-0.15, -0.1) is 0 Å². The molecule has 0 saturated carbocycles. The number of carbonyl (C=O) groups excluding carboxylic acids is 2. The molecule has 0 unspecified atom stereocenters. The predicted molar refractivity (Wildman–Crippen MR) is 100 cm³/mol. The van der Waals surface area contributed by atoms with E-state index in [1.807, 2.05) is 43.3 Å². The second-order valence-electron chi connectivity index (χ2n) is 6.12. The monoisotopic (exact) mass is 366 g/mol. The molecule has 1 amide bonds. The van der Waals surface area contributed by atoms with E-state index in [-0.39, 0.29) is 18.4 Å². The van der Waals surface area contributed by atoms with E-state index in [9.17, 15) is 9.59 Å². The predicted octanol–water partition coefficient (Wildman–Crippen LogP) is 2.79. The largest absolute Gasteiger partial charge is 0.479 e. The molecule has 0 radical (unpaired) electrons. The van der Waals surface area contributed by atoms with E-state index in [4.69, 9.17) is 14.7 Å². The van der Waals surface area contributed by atoms with Crippen LogP contribution in [0.5, 0.6) is 5.75 Å². The second kappa shape index (κ2) is 9.97. The van der Waals surface area contributed by atoms with Crippen LogP contribution in [0.3, 0.4) is 0 Å². The highest BCUT2D eigenvalue weighted by molar-refractivity contribution is 5.82. The maximum absolute atomic E-state index is 12.0. The molecule has 0 aliphatic carbocycles. The Morgan fingerprint density at radius 3 is 2.37 bits per heavy atom. The fourth-order valence-electron chi connectivity index (χ4n) is 2.33. The number of rotatable bonds is 8. The Kier molecular flexibility index (Phi) is 7.38. The van der Waals surface area contributed by atoms with Crippen molar-refractivity contribution in [2.45, 2.75) is 25.9 Å². The summed E-state index contributed by atoms with van der Waals surface area (Å²) in [6.07, 6.45) is -0.867. The Balaban J connectivity index is 1.72. The molecule has 2 aromatic carbocycles. The molecule has 27 heavy (non-hydrogen) atoms. The van der Waals surface area contributed by atoms with Gasteiger partial charge in [-0.05, 0) is 42.7 Å². The van der Waals surface area contributed by atoms with E-state index in [0.29, 0.717) is 17.9 Å². The summed E-state index contributed by atoms with van der Waals surface area (Å²) in [6.45, 7) is 3.64. The van der Waals surface area contributed by atoms with Crippen molar-refractivity contribution in [3.05, 3.63) is 65.7 Å². The van der Waals surface area contributed by atoms with Crippen LogP contribution in [0.2, 0.25) is 0 Å².